The fourth-order valence-corrected chi connectivity index (χ4v) is 8.45. The van der Waals surface area contributed by atoms with Crippen LogP contribution in [0, 0.1) is 0 Å². The van der Waals surface area contributed by atoms with E-state index < -0.39 is 206 Å². The number of fused-ring (bicyclic) bond motifs is 1. The standard InChI is InChI=1S/C32H12BF24.C18H13F3NO/c34-25(35,36)13-1-14(26(37,38)39)6-21(5-13)33(22-7-15(27(40,41)42)2-16(8-22)28(43,44)45,23-9-17(29(46,47)48)3-18(10-23)30(49,50)51)24-11-19(31(52,53)54)4-20(12-24)32(55,56)57;19-18(20,21)16-7-5-14(6-8-16)17(23)12-22-10-9-13-3-1-2-4-15(13)11-22/h1-12H;1-11H,12H2/q-1;+1. The number of alkyl halides is 27. The Bertz CT molecular complexity index is 2970. The molecule has 0 N–H and O–H groups in total. The summed E-state index contributed by atoms with van der Waals surface area (Å²) in [5.74, 6) is -0.237. The van der Waals surface area contributed by atoms with Crippen LogP contribution in [0.15, 0.2) is 140 Å². The Kier molecular flexibility index (Phi) is 16.1. The minimum absolute atomic E-state index is 0.0796. The third kappa shape index (κ3) is 13.9. The summed E-state index contributed by atoms with van der Waals surface area (Å²) in [5, 5.41) is 2.06. The molecule has 428 valence electrons. The highest BCUT2D eigenvalue weighted by molar-refractivity contribution is 7.20. The number of ketones is 1. The van der Waals surface area contributed by atoms with Gasteiger partial charge in [-0.05, 0) is 47.9 Å². The van der Waals surface area contributed by atoms with Crippen LogP contribution in [0.25, 0.3) is 10.8 Å². The van der Waals surface area contributed by atoms with E-state index in [9.17, 15) is 123 Å². The zero-order valence-corrected chi connectivity index (χ0v) is 38.6. The van der Waals surface area contributed by atoms with Crippen molar-refractivity contribution in [2.24, 2.45) is 0 Å². The molecule has 2 nitrogen and oxygen atoms in total. The molecule has 0 fully saturated rings. The highest BCUT2D eigenvalue weighted by Crippen LogP contribution is 2.42. The summed E-state index contributed by atoms with van der Waals surface area (Å²) in [6.07, 6.45) is -55.6. The van der Waals surface area contributed by atoms with Gasteiger partial charge in [0, 0.05) is 17.0 Å². The number of aromatic nitrogens is 1. The SMILES string of the molecule is FC(F)(F)c1cc([B-](c2cc(C(F)(F)F)cc(C(F)(F)F)c2)(c2cc(C(F)(F)F)cc(C(F)(F)F)c2)c2cc(C(F)(F)F)cc(C(F)(F)F)c2)cc(C(F)(F)F)c1.O=C(C[n+]1ccc2ccccc2c1)c1ccc(C(F)(F)F)cc1. The lowest BCUT2D eigenvalue weighted by Gasteiger charge is -2.46. The van der Waals surface area contributed by atoms with Gasteiger partial charge >= 0.3 is 55.6 Å². The Morgan fingerprint density at radius 2 is 0.562 bits per heavy atom. The minimum Gasteiger partial charge on any atom is -0.287 e. The lowest BCUT2D eigenvalue weighted by molar-refractivity contribution is -0.681. The average Bonchev–Trinajstić information content (AvgIpc) is 3.32. The second kappa shape index (κ2) is 20.9. The largest absolute Gasteiger partial charge is 0.416 e. The summed E-state index contributed by atoms with van der Waals surface area (Å²) in [7, 11) is 0. The summed E-state index contributed by atoms with van der Waals surface area (Å²) >= 11 is 0. The van der Waals surface area contributed by atoms with Crippen LogP contribution in [0.4, 0.5) is 119 Å². The first-order valence-electron chi connectivity index (χ1n) is 21.6. The predicted octanol–water partition coefficient (Wildman–Crippen LogP) is 15.2. The predicted molar refractivity (Wildman–Crippen MR) is 230 cm³/mol. The van der Waals surface area contributed by atoms with Gasteiger partial charge in [0.1, 0.15) is 6.15 Å². The van der Waals surface area contributed by atoms with Gasteiger partial charge in [-0.1, -0.05) is 78.9 Å². The quantitative estimate of drug-likeness (QED) is 0.0674. The van der Waals surface area contributed by atoms with Crippen LogP contribution in [-0.4, -0.2) is 11.9 Å². The van der Waals surface area contributed by atoms with Crippen LogP contribution in [0.5, 0.6) is 0 Å². The topological polar surface area (TPSA) is 20.9 Å². The molecular formula is C50H25BF27NO. The Hall–Kier alpha value is -7.43. The fraction of sp³-hybridized carbons (Fsp3) is 0.200. The number of hydrogen-bond acceptors (Lipinski definition) is 1. The number of Topliss-reactive ketones (excluding diaryl/α,β-unsaturated/α-hetero) is 1. The van der Waals surface area contributed by atoms with Crippen molar-refractivity contribution in [3.8, 4) is 0 Å². The molecule has 0 atom stereocenters. The van der Waals surface area contributed by atoms with Crippen molar-refractivity contribution in [2.45, 2.75) is 62.1 Å². The van der Waals surface area contributed by atoms with Gasteiger partial charge in [0.25, 0.3) is 0 Å². The summed E-state index contributed by atoms with van der Waals surface area (Å²) in [5.41, 5.74) is -30.7. The molecular weight excluding hydrogens is 1150 g/mol. The van der Waals surface area contributed by atoms with Crippen LogP contribution >= 0.6 is 0 Å². The summed E-state index contributed by atoms with van der Waals surface area (Å²) in [4.78, 5) is 12.2. The Balaban J connectivity index is 0.000000370. The van der Waals surface area contributed by atoms with Crippen molar-refractivity contribution < 1.29 is 128 Å². The maximum atomic E-state index is 14.2. The first kappa shape index (κ1) is 61.8. The number of benzene rings is 6. The number of halogens is 27. The van der Waals surface area contributed by atoms with E-state index in [0.29, 0.717) is 0 Å². The van der Waals surface area contributed by atoms with Gasteiger partial charge in [-0.3, -0.25) is 4.79 Å². The minimum atomic E-state index is -6.13. The second-order valence-corrected chi connectivity index (χ2v) is 17.5. The lowest BCUT2D eigenvalue weighted by atomic mass is 9.12. The molecule has 1 aromatic heterocycles. The van der Waals surface area contributed by atoms with E-state index in [1.54, 1.807) is 10.8 Å². The molecule has 0 bridgehead atoms. The summed E-state index contributed by atoms with van der Waals surface area (Å²) < 4.78 is 380. The van der Waals surface area contributed by atoms with E-state index in [2.05, 4.69) is 0 Å². The summed E-state index contributed by atoms with van der Waals surface area (Å²) in [6, 6.07) is 5.12. The zero-order chi connectivity index (χ0) is 60.4. The van der Waals surface area contributed by atoms with Gasteiger partial charge in [0.05, 0.1) is 50.1 Å². The van der Waals surface area contributed by atoms with E-state index in [4.69, 9.17) is 0 Å². The van der Waals surface area contributed by atoms with E-state index in [1.165, 1.54) is 12.1 Å². The van der Waals surface area contributed by atoms with Gasteiger partial charge in [-0.15, -0.1) is 0 Å². The number of nitrogens with zero attached hydrogens (tertiary/aromatic N) is 1. The maximum Gasteiger partial charge on any atom is 0.416 e. The van der Waals surface area contributed by atoms with E-state index in [0.717, 1.165) is 22.9 Å². The van der Waals surface area contributed by atoms with Gasteiger partial charge in [-0.2, -0.15) is 145 Å². The van der Waals surface area contributed by atoms with Crippen molar-refractivity contribution in [3.05, 3.63) is 195 Å². The molecule has 0 aliphatic carbocycles. The van der Waals surface area contributed by atoms with Gasteiger partial charge in [0.2, 0.25) is 12.3 Å². The molecule has 0 aliphatic heterocycles. The fourth-order valence-electron chi connectivity index (χ4n) is 8.45. The van der Waals surface area contributed by atoms with E-state index in [1.807, 2.05) is 36.5 Å². The van der Waals surface area contributed by atoms with Gasteiger partial charge in [-0.25, -0.2) is 0 Å². The van der Waals surface area contributed by atoms with Crippen molar-refractivity contribution in [1.29, 1.82) is 0 Å². The lowest BCUT2D eigenvalue weighted by Crippen LogP contribution is -2.75. The molecule has 0 spiro atoms. The third-order valence-corrected chi connectivity index (χ3v) is 12.0. The van der Waals surface area contributed by atoms with Crippen LogP contribution in [-0.2, 0) is 62.1 Å². The molecule has 30 heteroatoms. The van der Waals surface area contributed by atoms with Crippen molar-refractivity contribution in [3.63, 3.8) is 0 Å². The smallest absolute Gasteiger partial charge is 0.287 e. The number of carbonyl (C=O) groups is 1. The Morgan fingerprint density at radius 1 is 0.312 bits per heavy atom. The Morgan fingerprint density at radius 3 is 0.812 bits per heavy atom. The maximum absolute atomic E-state index is 14.2. The molecule has 80 heavy (non-hydrogen) atoms. The van der Waals surface area contributed by atoms with Crippen LogP contribution in [0.1, 0.15) is 60.4 Å². The first-order valence-corrected chi connectivity index (χ1v) is 21.6. The highest BCUT2D eigenvalue weighted by atomic mass is 19.4. The van der Waals surface area contributed by atoms with Gasteiger partial charge in [0.15, 0.2) is 12.4 Å². The van der Waals surface area contributed by atoms with Crippen LogP contribution in [0.3, 0.4) is 0 Å². The highest BCUT2D eigenvalue weighted by Gasteiger charge is 2.47. The number of hydrogen-bond donors (Lipinski definition) is 0. The first-order chi connectivity index (χ1) is 36.2. The van der Waals surface area contributed by atoms with E-state index >= 15 is 0 Å². The number of pyridine rings is 1. The zero-order valence-electron chi connectivity index (χ0n) is 38.6. The molecule has 6 aromatic carbocycles. The molecule has 0 saturated carbocycles. The second-order valence-electron chi connectivity index (χ2n) is 17.5. The monoisotopic (exact) mass is 1180 g/mol. The summed E-state index contributed by atoms with van der Waals surface area (Å²) in [6.45, 7) is 0.0796. The third-order valence-electron chi connectivity index (χ3n) is 12.0. The van der Waals surface area contributed by atoms with Crippen molar-refractivity contribution in [2.75, 3.05) is 0 Å². The number of carbonyl (C=O) groups excluding carboxylic acids is 1. The number of rotatable bonds is 7. The molecule has 0 radical (unpaired) electrons. The molecule has 0 unspecified atom stereocenters. The molecule has 7 rings (SSSR count). The normalized spacial score (nSPS) is 13.5. The molecule has 0 aliphatic rings. The Labute approximate surface area is 429 Å². The molecule has 0 saturated heterocycles. The average molecular weight is 1180 g/mol. The van der Waals surface area contributed by atoms with Crippen LogP contribution in [0.2, 0.25) is 0 Å². The molecule has 1 heterocycles. The van der Waals surface area contributed by atoms with Gasteiger partial charge < -0.3 is 0 Å². The van der Waals surface area contributed by atoms with Crippen molar-refractivity contribution >= 4 is 44.6 Å². The van der Waals surface area contributed by atoms with E-state index in [-0.39, 0.29) is 17.9 Å². The van der Waals surface area contributed by atoms with Crippen LogP contribution < -0.4 is 26.4 Å². The molecule has 7 aromatic rings. The molecule has 0 amide bonds. The van der Waals surface area contributed by atoms with Crippen molar-refractivity contribution in [1.82, 2.24) is 0 Å².